The van der Waals surface area contributed by atoms with Crippen molar-refractivity contribution in [2.75, 3.05) is 24.5 Å². The van der Waals surface area contributed by atoms with Gasteiger partial charge in [0.25, 0.3) is 5.91 Å². The molecule has 0 bridgehead atoms. The van der Waals surface area contributed by atoms with Crippen LogP contribution in [0.15, 0.2) is 18.3 Å². The molecule has 0 saturated heterocycles. The van der Waals surface area contributed by atoms with Crippen LogP contribution < -0.4 is 4.90 Å². The predicted octanol–water partition coefficient (Wildman–Crippen LogP) is 4.62. The van der Waals surface area contributed by atoms with Crippen LogP contribution in [-0.4, -0.2) is 50.6 Å². The summed E-state index contributed by atoms with van der Waals surface area (Å²) in [6.07, 6.45) is 6.99. The van der Waals surface area contributed by atoms with Crippen molar-refractivity contribution in [3.63, 3.8) is 0 Å². The summed E-state index contributed by atoms with van der Waals surface area (Å²) in [5.41, 5.74) is 2.81. The molecule has 2 heterocycles. The molecule has 7 heteroatoms. The van der Waals surface area contributed by atoms with Crippen molar-refractivity contribution < 1.29 is 15.0 Å². The smallest absolute Gasteiger partial charge is 0.257 e. The molecule has 0 spiro atoms. The lowest BCUT2D eigenvalue weighted by Gasteiger charge is -2.30. The van der Waals surface area contributed by atoms with Gasteiger partial charge in [0.1, 0.15) is 11.5 Å². The SMILES string of the molecule is CCCCN(CCCC)c1ncc2c(n1)CCN(C(=O)c1cc(C(C)C)c(O)cc1O)C2. The maximum atomic E-state index is 13.2. The van der Waals surface area contributed by atoms with Crippen molar-refractivity contribution in [1.29, 1.82) is 0 Å². The van der Waals surface area contributed by atoms with Crippen LogP contribution in [0, 0.1) is 0 Å². The highest BCUT2D eigenvalue weighted by Crippen LogP contribution is 2.33. The summed E-state index contributed by atoms with van der Waals surface area (Å²) in [4.78, 5) is 26.6. The number of carbonyl (C=O) groups is 1. The number of hydrogen-bond donors (Lipinski definition) is 2. The number of phenolic OH excluding ortho intramolecular Hbond substituents is 2. The molecule has 7 nitrogen and oxygen atoms in total. The van der Waals surface area contributed by atoms with E-state index in [1.165, 1.54) is 6.07 Å². The first-order valence-corrected chi connectivity index (χ1v) is 11.8. The number of hydrogen-bond acceptors (Lipinski definition) is 6. The average molecular weight is 441 g/mol. The fourth-order valence-corrected chi connectivity index (χ4v) is 4.04. The van der Waals surface area contributed by atoms with E-state index in [4.69, 9.17) is 4.98 Å². The van der Waals surface area contributed by atoms with E-state index in [0.29, 0.717) is 25.1 Å². The van der Waals surface area contributed by atoms with E-state index in [1.807, 2.05) is 20.0 Å². The van der Waals surface area contributed by atoms with Crippen molar-refractivity contribution in [2.24, 2.45) is 0 Å². The molecule has 32 heavy (non-hydrogen) atoms. The number of nitrogens with zero attached hydrogens (tertiary/aromatic N) is 4. The van der Waals surface area contributed by atoms with Crippen molar-refractivity contribution in [2.45, 2.75) is 72.3 Å². The minimum Gasteiger partial charge on any atom is -0.508 e. The predicted molar refractivity (Wildman–Crippen MR) is 126 cm³/mol. The third-order valence-electron chi connectivity index (χ3n) is 6.05. The van der Waals surface area contributed by atoms with Crippen molar-refractivity contribution in [3.05, 3.63) is 40.7 Å². The minimum absolute atomic E-state index is 0.00895. The van der Waals surface area contributed by atoms with Gasteiger partial charge in [-0.2, -0.15) is 0 Å². The fourth-order valence-electron chi connectivity index (χ4n) is 4.04. The molecule has 3 rings (SSSR count). The molecular formula is C25H36N4O3. The minimum atomic E-state index is -0.244. The monoisotopic (exact) mass is 440 g/mol. The first-order chi connectivity index (χ1) is 15.3. The third kappa shape index (κ3) is 5.31. The van der Waals surface area contributed by atoms with Crippen LogP contribution >= 0.6 is 0 Å². The molecule has 0 unspecified atom stereocenters. The van der Waals surface area contributed by atoms with E-state index < -0.39 is 0 Å². The summed E-state index contributed by atoms with van der Waals surface area (Å²) in [6.45, 7) is 11.1. The number of rotatable bonds is 9. The Morgan fingerprint density at radius 3 is 2.44 bits per heavy atom. The summed E-state index contributed by atoms with van der Waals surface area (Å²) >= 11 is 0. The van der Waals surface area contributed by atoms with Crippen molar-refractivity contribution in [1.82, 2.24) is 14.9 Å². The third-order valence-corrected chi connectivity index (χ3v) is 6.05. The van der Waals surface area contributed by atoms with E-state index in [0.717, 1.165) is 56.0 Å². The Hall–Kier alpha value is -2.83. The number of benzene rings is 1. The van der Waals surface area contributed by atoms with Gasteiger partial charge in [0.05, 0.1) is 11.3 Å². The van der Waals surface area contributed by atoms with Gasteiger partial charge in [-0.15, -0.1) is 0 Å². The second kappa shape index (κ2) is 10.7. The van der Waals surface area contributed by atoms with Crippen LogP contribution in [0.1, 0.15) is 86.5 Å². The Labute approximate surface area is 191 Å². The van der Waals surface area contributed by atoms with E-state index >= 15 is 0 Å². The molecule has 2 aromatic rings. The van der Waals surface area contributed by atoms with Gasteiger partial charge in [-0.1, -0.05) is 40.5 Å². The highest BCUT2D eigenvalue weighted by atomic mass is 16.3. The average Bonchev–Trinajstić information content (AvgIpc) is 2.78. The van der Waals surface area contributed by atoms with Gasteiger partial charge < -0.3 is 20.0 Å². The van der Waals surface area contributed by atoms with Gasteiger partial charge >= 0.3 is 0 Å². The Bertz CT molecular complexity index is 937. The zero-order valence-corrected chi connectivity index (χ0v) is 19.8. The number of aromatic hydroxyl groups is 2. The molecule has 1 amide bonds. The molecule has 0 aliphatic carbocycles. The highest BCUT2D eigenvalue weighted by Gasteiger charge is 2.27. The number of unbranched alkanes of at least 4 members (excludes halogenated alkanes) is 2. The summed E-state index contributed by atoms with van der Waals surface area (Å²) in [6, 6.07) is 2.86. The van der Waals surface area contributed by atoms with Crippen LogP contribution in [0.25, 0.3) is 0 Å². The van der Waals surface area contributed by atoms with E-state index in [-0.39, 0.29) is 28.9 Å². The number of anilines is 1. The van der Waals surface area contributed by atoms with Crippen LogP contribution in [-0.2, 0) is 13.0 Å². The molecular weight excluding hydrogens is 404 g/mol. The van der Waals surface area contributed by atoms with Gasteiger partial charge in [-0.25, -0.2) is 9.97 Å². The van der Waals surface area contributed by atoms with Crippen molar-refractivity contribution >= 4 is 11.9 Å². The first-order valence-electron chi connectivity index (χ1n) is 11.8. The van der Waals surface area contributed by atoms with E-state index in [2.05, 4.69) is 23.7 Å². The molecule has 1 aromatic heterocycles. The molecule has 0 saturated carbocycles. The van der Waals surface area contributed by atoms with Gasteiger partial charge in [-0.3, -0.25) is 4.79 Å². The maximum absolute atomic E-state index is 13.2. The lowest BCUT2D eigenvalue weighted by atomic mass is 9.97. The molecule has 0 fully saturated rings. The second-order valence-corrected chi connectivity index (χ2v) is 8.90. The van der Waals surface area contributed by atoms with E-state index in [9.17, 15) is 15.0 Å². The molecule has 174 valence electrons. The standard InChI is InChI=1S/C25H36N4O3/c1-5-7-10-28(11-8-6-2)25-26-15-18-16-29(12-9-21(18)27-25)24(32)20-13-19(17(3)4)22(30)14-23(20)31/h13-15,17,30-31H,5-12,16H2,1-4H3. The number of phenols is 2. The maximum Gasteiger partial charge on any atom is 0.257 e. The lowest BCUT2D eigenvalue weighted by molar-refractivity contribution is 0.0730. The molecule has 0 radical (unpaired) electrons. The first kappa shape index (κ1) is 23.8. The number of amides is 1. The van der Waals surface area contributed by atoms with Gasteiger partial charge in [-0.05, 0) is 30.4 Å². The Kier molecular flexibility index (Phi) is 7.94. The number of fused-ring (bicyclic) bond motifs is 1. The Morgan fingerprint density at radius 1 is 1.12 bits per heavy atom. The van der Waals surface area contributed by atoms with Crippen LogP contribution in [0.4, 0.5) is 5.95 Å². The van der Waals surface area contributed by atoms with Crippen LogP contribution in [0.2, 0.25) is 0 Å². The summed E-state index contributed by atoms with van der Waals surface area (Å²) < 4.78 is 0. The lowest BCUT2D eigenvalue weighted by Crippen LogP contribution is -2.37. The van der Waals surface area contributed by atoms with Gasteiger partial charge in [0.2, 0.25) is 5.95 Å². The Balaban J connectivity index is 1.79. The van der Waals surface area contributed by atoms with Gasteiger partial charge in [0, 0.05) is 50.4 Å². The second-order valence-electron chi connectivity index (χ2n) is 8.90. The van der Waals surface area contributed by atoms with E-state index in [1.54, 1.807) is 11.0 Å². The molecule has 2 N–H and O–H groups in total. The molecule has 0 atom stereocenters. The number of aromatic nitrogens is 2. The molecule has 1 aliphatic heterocycles. The summed E-state index contributed by atoms with van der Waals surface area (Å²) in [5, 5.41) is 20.4. The summed E-state index contributed by atoms with van der Waals surface area (Å²) in [7, 11) is 0. The zero-order chi connectivity index (χ0) is 23.3. The quantitative estimate of drug-likeness (QED) is 0.592. The normalized spacial score (nSPS) is 13.3. The highest BCUT2D eigenvalue weighted by molar-refractivity contribution is 5.97. The zero-order valence-electron chi connectivity index (χ0n) is 19.8. The Morgan fingerprint density at radius 2 is 1.81 bits per heavy atom. The molecule has 1 aliphatic rings. The topological polar surface area (TPSA) is 89.8 Å². The van der Waals surface area contributed by atoms with Crippen molar-refractivity contribution in [3.8, 4) is 11.5 Å². The van der Waals surface area contributed by atoms with Gasteiger partial charge in [0.15, 0.2) is 0 Å². The van der Waals surface area contributed by atoms with Crippen LogP contribution in [0.3, 0.4) is 0 Å². The fraction of sp³-hybridized carbons (Fsp3) is 0.560. The molecule has 1 aromatic carbocycles. The number of carbonyl (C=O) groups excluding carboxylic acids is 1. The summed E-state index contributed by atoms with van der Waals surface area (Å²) in [5.74, 6) is 0.390. The van der Waals surface area contributed by atoms with Crippen LogP contribution in [0.5, 0.6) is 11.5 Å². The largest absolute Gasteiger partial charge is 0.508 e.